The van der Waals surface area contributed by atoms with Crippen LogP contribution in [0, 0.1) is 11.8 Å². The standard InChI is InChI=1S/C30H42N4O4/c1-30(2,3)38-29(36)34-14-11-22(12-15-34)25-20-31-13-7-8-16-37-27-10-6-5-9-26(27)23-17-24(19-32-18-23)28(35)33(4)21-25/h5-6,9-10,17-19,22,25,31H,7-8,11-16,20-21H2,1-4H3. The smallest absolute Gasteiger partial charge is 0.410 e. The molecule has 1 N–H and O–H groups in total. The Hall–Kier alpha value is -3.13. The zero-order valence-electron chi connectivity index (χ0n) is 23.2. The highest BCUT2D eigenvalue weighted by Gasteiger charge is 2.32. The van der Waals surface area contributed by atoms with Crippen LogP contribution in [0.3, 0.4) is 0 Å². The van der Waals surface area contributed by atoms with Crippen LogP contribution in [0.5, 0.6) is 5.75 Å². The van der Waals surface area contributed by atoms with Gasteiger partial charge in [0.1, 0.15) is 11.4 Å². The minimum atomic E-state index is -0.497. The van der Waals surface area contributed by atoms with Crippen molar-refractivity contribution in [3.8, 4) is 16.9 Å². The van der Waals surface area contributed by atoms with E-state index in [0.717, 1.165) is 55.6 Å². The number of hydrogen-bond donors (Lipinski definition) is 1. The number of ether oxygens (including phenoxy) is 2. The lowest BCUT2D eigenvalue weighted by molar-refractivity contribution is 0.0152. The molecule has 1 saturated heterocycles. The number of nitrogens with zero attached hydrogens (tertiary/aromatic N) is 3. The first-order valence-corrected chi connectivity index (χ1v) is 13.8. The van der Waals surface area contributed by atoms with E-state index in [4.69, 9.17) is 9.47 Å². The second-order valence-corrected chi connectivity index (χ2v) is 11.5. The van der Waals surface area contributed by atoms with Gasteiger partial charge in [0.05, 0.1) is 12.2 Å². The summed E-state index contributed by atoms with van der Waals surface area (Å²) in [5, 5.41) is 3.63. The fourth-order valence-corrected chi connectivity index (χ4v) is 5.27. The minimum absolute atomic E-state index is 0.0407. The first kappa shape index (κ1) is 27.9. The SMILES string of the molecule is CN1CC(C2CCN(C(=O)OC(C)(C)C)CC2)CNCCCCOc2ccccc2-c2cncc(c2)C1=O. The van der Waals surface area contributed by atoms with Crippen LogP contribution in [0.4, 0.5) is 4.79 Å². The molecule has 1 aromatic carbocycles. The Balaban J connectivity index is 1.48. The van der Waals surface area contributed by atoms with Gasteiger partial charge in [-0.15, -0.1) is 0 Å². The zero-order valence-corrected chi connectivity index (χ0v) is 23.2. The maximum absolute atomic E-state index is 13.5. The highest BCUT2D eigenvalue weighted by atomic mass is 16.6. The molecule has 4 rings (SSSR count). The van der Waals surface area contributed by atoms with E-state index in [2.05, 4.69) is 10.3 Å². The number of rotatable bonds is 1. The summed E-state index contributed by atoms with van der Waals surface area (Å²) in [7, 11) is 1.87. The van der Waals surface area contributed by atoms with Crippen LogP contribution < -0.4 is 10.1 Å². The third-order valence-electron chi connectivity index (χ3n) is 7.31. The molecule has 2 aliphatic rings. The van der Waals surface area contributed by atoms with E-state index in [1.165, 1.54) is 0 Å². The van der Waals surface area contributed by atoms with Gasteiger partial charge in [-0.05, 0) is 83.5 Å². The molecule has 2 amide bonds. The Morgan fingerprint density at radius 1 is 1.08 bits per heavy atom. The molecule has 2 aromatic rings. The number of para-hydroxylation sites is 1. The Morgan fingerprint density at radius 3 is 2.58 bits per heavy atom. The van der Waals surface area contributed by atoms with Crippen LogP contribution >= 0.6 is 0 Å². The van der Waals surface area contributed by atoms with Crippen LogP contribution in [0.2, 0.25) is 0 Å². The van der Waals surface area contributed by atoms with Gasteiger partial charge in [-0.2, -0.15) is 0 Å². The summed E-state index contributed by atoms with van der Waals surface area (Å²) in [6, 6.07) is 9.83. The molecule has 0 spiro atoms. The van der Waals surface area contributed by atoms with Crippen molar-refractivity contribution < 1.29 is 19.1 Å². The van der Waals surface area contributed by atoms with Gasteiger partial charge >= 0.3 is 6.09 Å². The molecule has 0 aliphatic carbocycles. The molecule has 1 aromatic heterocycles. The van der Waals surface area contributed by atoms with Crippen molar-refractivity contribution in [2.45, 2.75) is 52.1 Å². The van der Waals surface area contributed by atoms with Crippen LogP contribution in [0.25, 0.3) is 11.1 Å². The summed E-state index contributed by atoms with van der Waals surface area (Å²) in [6.45, 7) is 10.1. The average molecular weight is 523 g/mol. The first-order valence-electron chi connectivity index (χ1n) is 13.8. The van der Waals surface area contributed by atoms with Gasteiger partial charge in [0.2, 0.25) is 0 Å². The monoisotopic (exact) mass is 522 g/mol. The number of benzene rings is 1. The summed E-state index contributed by atoms with van der Waals surface area (Å²) in [5.74, 6) is 1.46. The largest absolute Gasteiger partial charge is 0.493 e. The number of likely N-dealkylation sites (tertiary alicyclic amines) is 1. The molecule has 38 heavy (non-hydrogen) atoms. The van der Waals surface area contributed by atoms with Crippen LogP contribution in [-0.4, -0.2) is 78.8 Å². The number of piperidine rings is 1. The van der Waals surface area contributed by atoms with E-state index in [1.807, 2.05) is 68.0 Å². The van der Waals surface area contributed by atoms with Crippen molar-refractivity contribution in [1.82, 2.24) is 20.1 Å². The molecule has 1 atom stereocenters. The van der Waals surface area contributed by atoms with Crippen molar-refractivity contribution in [2.24, 2.45) is 11.8 Å². The van der Waals surface area contributed by atoms with Gasteiger partial charge in [0.25, 0.3) is 5.91 Å². The van der Waals surface area contributed by atoms with Gasteiger partial charge in [-0.25, -0.2) is 4.79 Å². The number of nitrogens with one attached hydrogen (secondary N) is 1. The van der Waals surface area contributed by atoms with Gasteiger partial charge in [-0.3, -0.25) is 9.78 Å². The Kier molecular flexibility index (Phi) is 9.26. The summed E-state index contributed by atoms with van der Waals surface area (Å²) in [6.07, 6.45) is 6.95. The number of pyridine rings is 1. The lowest BCUT2D eigenvalue weighted by Crippen LogP contribution is -2.46. The number of amides is 2. The Bertz CT molecular complexity index is 1090. The third kappa shape index (κ3) is 7.47. The molecule has 1 unspecified atom stereocenters. The molecule has 2 bridgehead atoms. The van der Waals surface area contributed by atoms with Crippen LogP contribution in [0.15, 0.2) is 42.7 Å². The molecule has 1 fully saturated rings. The molecular formula is C30H42N4O4. The van der Waals surface area contributed by atoms with Crippen molar-refractivity contribution in [1.29, 1.82) is 0 Å². The fraction of sp³-hybridized carbons (Fsp3) is 0.567. The van der Waals surface area contributed by atoms with Gasteiger partial charge in [-0.1, -0.05) is 18.2 Å². The van der Waals surface area contributed by atoms with Crippen molar-refractivity contribution in [3.05, 3.63) is 48.3 Å². The number of hydrogen-bond acceptors (Lipinski definition) is 6. The molecule has 0 radical (unpaired) electrons. The highest BCUT2D eigenvalue weighted by molar-refractivity contribution is 5.95. The van der Waals surface area contributed by atoms with E-state index in [1.54, 1.807) is 12.4 Å². The van der Waals surface area contributed by atoms with E-state index < -0.39 is 5.60 Å². The first-order chi connectivity index (χ1) is 18.2. The number of carbonyl (C=O) groups excluding carboxylic acids is 2. The molecule has 0 saturated carbocycles. The maximum atomic E-state index is 13.5. The summed E-state index contributed by atoms with van der Waals surface area (Å²) in [4.78, 5) is 34.0. The molecule has 206 valence electrons. The predicted octanol–water partition coefficient (Wildman–Crippen LogP) is 4.85. The second kappa shape index (κ2) is 12.6. The third-order valence-corrected chi connectivity index (χ3v) is 7.31. The number of aromatic nitrogens is 1. The minimum Gasteiger partial charge on any atom is -0.493 e. The fourth-order valence-electron chi connectivity index (χ4n) is 5.27. The maximum Gasteiger partial charge on any atom is 0.410 e. The zero-order chi connectivity index (χ0) is 27.1. The van der Waals surface area contributed by atoms with Crippen LogP contribution in [-0.2, 0) is 4.74 Å². The van der Waals surface area contributed by atoms with E-state index in [9.17, 15) is 9.59 Å². The lowest BCUT2D eigenvalue weighted by atomic mass is 9.83. The van der Waals surface area contributed by atoms with Crippen LogP contribution in [0.1, 0.15) is 56.8 Å². The molecule has 8 nitrogen and oxygen atoms in total. The normalized spacial score (nSPS) is 20.4. The van der Waals surface area contributed by atoms with Crippen molar-refractivity contribution >= 4 is 12.0 Å². The second-order valence-electron chi connectivity index (χ2n) is 11.5. The lowest BCUT2D eigenvalue weighted by Gasteiger charge is -2.38. The summed E-state index contributed by atoms with van der Waals surface area (Å²) >= 11 is 0. The Labute approximate surface area is 226 Å². The number of fused-ring (bicyclic) bond motifs is 4. The van der Waals surface area contributed by atoms with Gasteiger partial charge < -0.3 is 24.6 Å². The summed E-state index contributed by atoms with van der Waals surface area (Å²) < 4.78 is 11.7. The quantitative estimate of drug-likeness (QED) is 0.577. The van der Waals surface area contributed by atoms with Crippen molar-refractivity contribution in [2.75, 3.05) is 46.4 Å². The van der Waals surface area contributed by atoms with Gasteiger partial charge in [0.15, 0.2) is 0 Å². The van der Waals surface area contributed by atoms with E-state index in [-0.39, 0.29) is 17.9 Å². The molecular weight excluding hydrogens is 480 g/mol. The number of carbonyl (C=O) groups is 2. The molecule has 3 heterocycles. The predicted molar refractivity (Wildman–Crippen MR) is 148 cm³/mol. The van der Waals surface area contributed by atoms with E-state index >= 15 is 0 Å². The molecule has 2 aliphatic heterocycles. The topological polar surface area (TPSA) is 84.0 Å². The summed E-state index contributed by atoms with van der Waals surface area (Å²) in [5.41, 5.74) is 1.89. The van der Waals surface area contributed by atoms with E-state index in [0.29, 0.717) is 37.7 Å². The Morgan fingerprint density at radius 2 is 1.82 bits per heavy atom. The van der Waals surface area contributed by atoms with Gasteiger partial charge in [0, 0.05) is 50.2 Å². The van der Waals surface area contributed by atoms with Crippen molar-refractivity contribution in [3.63, 3.8) is 0 Å². The molecule has 8 heteroatoms. The average Bonchev–Trinajstić information content (AvgIpc) is 2.90. The highest BCUT2D eigenvalue weighted by Crippen LogP contribution is 2.31.